The van der Waals surface area contributed by atoms with Crippen LogP contribution >= 0.6 is 0 Å². The Morgan fingerprint density at radius 2 is 2.25 bits per heavy atom. The van der Waals surface area contributed by atoms with Gasteiger partial charge in [-0.05, 0) is 17.7 Å². The van der Waals surface area contributed by atoms with Crippen molar-refractivity contribution in [3.05, 3.63) is 35.1 Å². The average molecular weight is 165 g/mol. The standard InChI is InChI=1S/C9H8FNO/c10-5-1-2-6-7(3-5)9(12)4-8(6)11/h1-3,8H,4,11H2. The molecule has 0 radical (unpaired) electrons. The molecule has 12 heavy (non-hydrogen) atoms. The molecule has 1 unspecified atom stereocenters. The van der Waals surface area contributed by atoms with E-state index in [0.29, 0.717) is 12.0 Å². The molecule has 1 aliphatic rings. The van der Waals surface area contributed by atoms with Crippen LogP contribution in [0, 0.1) is 5.82 Å². The Balaban J connectivity index is 2.60. The minimum Gasteiger partial charge on any atom is -0.324 e. The SMILES string of the molecule is NC1CC(=O)c2cc(F)ccc21. The monoisotopic (exact) mass is 165 g/mol. The van der Waals surface area contributed by atoms with Gasteiger partial charge in [-0.25, -0.2) is 4.39 Å². The Labute approximate surface area is 69.2 Å². The highest BCUT2D eigenvalue weighted by atomic mass is 19.1. The van der Waals surface area contributed by atoms with E-state index >= 15 is 0 Å². The molecule has 0 aromatic heterocycles. The quantitative estimate of drug-likeness (QED) is 0.631. The summed E-state index contributed by atoms with van der Waals surface area (Å²) in [6, 6.07) is 3.93. The lowest BCUT2D eigenvalue weighted by Crippen LogP contribution is -2.05. The number of nitrogens with two attached hydrogens (primary N) is 1. The summed E-state index contributed by atoms with van der Waals surface area (Å²) in [5, 5.41) is 0. The lowest BCUT2D eigenvalue weighted by Gasteiger charge is -2.01. The van der Waals surface area contributed by atoms with Crippen LogP contribution < -0.4 is 5.73 Å². The van der Waals surface area contributed by atoms with Crippen LogP contribution in [0.5, 0.6) is 0 Å². The van der Waals surface area contributed by atoms with Gasteiger partial charge < -0.3 is 5.73 Å². The Morgan fingerprint density at radius 1 is 1.50 bits per heavy atom. The Kier molecular flexibility index (Phi) is 1.48. The summed E-state index contributed by atoms with van der Waals surface area (Å²) >= 11 is 0. The van der Waals surface area contributed by atoms with E-state index in [2.05, 4.69) is 0 Å². The van der Waals surface area contributed by atoms with Crippen molar-refractivity contribution in [3.63, 3.8) is 0 Å². The van der Waals surface area contributed by atoms with Crippen LogP contribution in [0.25, 0.3) is 0 Å². The van der Waals surface area contributed by atoms with Crippen molar-refractivity contribution in [2.75, 3.05) is 0 Å². The number of fused-ring (bicyclic) bond motifs is 1. The lowest BCUT2D eigenvalue weighted by atomic mass is 10.1. The third-order valence-corrected chi connectivity index (χ3v) is 2.12. The molecule has 0 amide bonds. The maximum absolute atomic E-state index is 12.7. The van der Waals surface area contributed by atoms with Crippen molar-refractivity contribution in [1.82, 2.24) is 0 Å². The second-order valence-electron chi connectivity index (χ2n) is 2.97. The van der Waals surface area contributed by atoms with Crippen LogP contribution in [0.15, 0.2) is 18.2 Å². The molecule has 2 nitrogen and oxygen atoms in total. The zero-order chi connectivity index (χ0) is 8.72. The van der Waals surface area contributed by atoms with Crippen molar-refractivity contribution in [1.29, 1.82) is 0 Å². The molecule has 2 rings (SSSR count). The number of carbonyl (C=O) groups is 1. The number of ketones is 1. The molecule has 1 aromatic rings. The van der Waals surface area contributed by atoms with Crippen LogP contribution in [0.1, 0.15) is 28.4 Å². The third-order valence-electron chi connectivity index (χ3n) is 2.12. The number of Topliss-reactive ketones (excluding diaryl/α,β-unsaturated/α-hetero) is 1. The van der Waals surface area contributed by atoms with Crippen LogP contribution in [0.3, 0.4) is 0 Å². The molecular weight excluding hydrogens is 157 g/mol. The first-order chi connectivity index (χ1) is 5.68. The molecule has 0 bridgehead atoms. The molecule has 2 N–H and O–H groups in total. The van der Waals surface area contributed by atoms with Crippen LogP contribution in [-0.4, -0.2) is 5.78 Å². The fourth-order valence-corrected chi connectivity index (χ4v) is 1.51. The molecule has 1 aromatic carbocycles. The van der Waals surface area contributed by atoms with E-state index in [1.54, 1.807) is 6.07 Å². The number of carbonyl (C=O) groups excluding carboxylic acids is 1. The van der Waals surface area contributed by atoms with Crippen LogP contribution in [0.4, 0.5) is 4.39 Å². The van der Waals surface area contributed by atoms with E-state index in [-0.39, 0.29) is 17.6 Å². The zero-order valence-corrected chi connectivity index (χ0v) is 6.38. The van der Waals surface area contributed by atoms with E-state index in [4.69, 9.17) is 5.73 Å². The van der Waals surface area contributed by atoms with E-state index in [1.165, 1.54) is 12.1 Å². The number of hydrogen-bond acceptors (Lipinski definition) is 2. The largest absolute Gasteiger partial charge is 0.324 e. The van der Waals surface area contributed by atoms with Crippen molar-refractivity contribution in [2.24, 2.45) is 5.73 Å². The molecule has 0 saturated carbocycles. The minimum absolute atomic E-state index is 0.0583. The highest BCUT2D eigenvalue weighted by Crippen LogP contribution is 2.29. The number of benzene rings is 1. The normalized spacial score (nSPS) is 21.2. The van der Waals surface area contributed by atoms with Gasteiger partial charge >= 0.3 is 0 Å². The summed E-state index contributed by atoms with van der Waals surface area (Å²) in [6.07, 6.45) is 0.304. The first kappa shape index (κ1) is 7.43. The maximum atomic E-state index is 12.7. The van der Waals surface area contributed by atoms with Gasteiger partial charge in [-0.1, -0.05) is 6.07 Å². The lowest BCUT2D eigenvalue weighted by molar-refractivity contribution is 0.0989. The predicted molar refractivity (Wildman–Crippen MR) is 42.3 cm³/mol. The van der Waals surface area contributed by atoms with Crippen molar-refractivity contribution < 1.29 is 9.18 Å². The van der Waals surface area contributed by atoms with E-state index in [9.17, 15) is 9.18 Å². The number of hydrogen-bond donors (Lipinski definition) is 1. The smallest absolute Gasteiger partial charge is 0.165 e. The van der Waals surface area contributed by atoms with Crippen LogP contribution in [-0.2, 0) is 0 Å². The highest BCUT2D eigenvalue weighted by Gasteiger charge is 2.26. The molecule has 0 spiro atoms. The van der Waals surface area contributed by atoms with Gasteiger partial charge in [0.15, 0.2) is 5.78 Å². The summed E-state index contributed by atoms with van der Waals surface area (Å²) in [5.74, 6) is -0.437. The van der Waals surface area contributed by atoms with E-state index in [1.807, 2.05) is 0 Å². The molecule has 0 aliphatic heterocycles. The maximum Gasteiger partial charge on any atom is 0.165 e. The second kappa shape index (κ2) is 2.38. The summed E-state index contributed by atoms with van der Waals surface area (Å²) in [5.41, 5.74) is 6.86. The molecule has 0 fully saturated rings. The Hall–Kier alpha value is -1.22. The number of halogens is 1. The molecule has 3 heteroatoms. The van der Waals surface area contributed by atoms with E-state index < -0.39 is 0 Å². The van der Waals surface area contributed by atoms with Gasteiger partial charge in [0.05, 0.1) is 0 Å². The van der Waals surface area contributed by atoms with Gasteiger partial charge in [0, 0.05) is 18.0 Å². The fourth-order valence-electron chi connectivity index (χ4n) is 1.51. The van der Waals surface area contributed by atoms with Crippen molar-refractivity contribution in [3.8, 4) is 0 Å². The molecular formula is C9H8FNO. The number of rotatable bonds is 0. The van der Waals surface area contributed by atoms with E-state index in [0.717, 1.165) is 5.56 Å². The summed E-state index contributed by atoms with van der Waals surface area (Å²) < 4.78 is 12.7. The zero-order valence-electron chi connectivity index (χ0n) is 6.38. The Morgan fingerprint density at radius 3 is 3.00 bits per heavy atom. The predicted octanol–water partition coefficient (Wildman–Crippen LogP) is 1.41. The van der Waals surface area contributed by atoms with Crippen molar-refractivity contribution >= 4 is 5.78 Å². The first-order valence-electron chi connectivity index (χ1n) is 3.76. The molecule has 0 heterocycles. The van der Waals surface area contributed by atoms with Gasteiger partial charge in [-0.15, -0.1) is 0 Å². The summed E-state index contributed by atoms with van der Waals surface area (Å²) in [6.45, 7) is 0. The van der Waals surface area contributed by atoms with Gasteiger partial charge in [-0.3, -0.25) is 4.79 Å². The fraction of sp³-hybridized carbons (Fsp3) is 0.222. The average Bonchev–Trinajstić information content (AvgIpc) is 2.28. The molecule has 0 saturated heterocycles. The summed E-state index contributed by atoms with van der Waals surface area (Å²) in [4.78, 5) is 11.2. The summed E-state index contributed by atoms with van der Waals surface area (Å²) in [7, 11) is 0. The van der Waals surface area contributed by atoms with Gasteiger partial charge in [-0.2, -0.15) is 0 Å². The topological polar surface area (TPSA) is 43.1 Å². The molecule has 1 atom stereocenters. The van der Waals surface area contributed by atoms with Crippen molar-refractivity contribution in [2.45, 2.75) is 12.5 Å². The minimum atomic E-state index is -0.379. The van der Waals surface area contributed by atoms with Gasteiger partial charge in [0.1, 0.15) is 5.82 Å². The van der Waals surface area contributed by atoms with Gasteiger partial charge in [0.25, 0.3) is 0 Å². The second-order valence-corrected chi connectivity index (χ2v) is 2.97. The first-order valence-corrected chi connectivity index (χ1v) is 3.76. The molecule has 62 valence electrons. The Bertz CT molecular complexity index is 348. The molecule has 1 aliphatic carbocycles. The van der Waals surface area contributed by atoms with Crippen LogP contribution in [0.2, 0.25) is 0 Å². The highest BCUT2D eigenvalue weighted by molar-refractivity contribution is 6.01. The van der Waals surface area contributed by atoms with Gasteiger partial charge in [0.2, 0.25) is 0 Å². The third kappa shape index (κ3) is 0.940.